The molecule has 0 spiro atoms. The van der Waals surface area contributed by atoms with E-state index in [0.29, 0.717) is 5.92 Å². The molecule has 126 valence electrons. The van der Waals surface area contributed by atoms with Crippen LogP contribution in [0.1, 0.15) is 48.6 Å². The molecule has 0 heterocycles. The Morgan fingerprint density at radius 2 is 1.72 bits per heavy atom. The van der Waals surface area contributed by atoms with Gasteiger partial charge in [0, 0.05) is 11.3 Å². The van der Waals surface area contributed by atoms with Crippen molar-refractivity contribution in [3.8, 4) is 11.1 Å². The topological polar surface area (TPSA) is 0 Å². The lowest BCUT2D eigenvalue weighted by atomic mass is 9.69. The van der Waals surface area contributed by atoms with Gasteiger partial charge in [-0.3, -0.25) is 0 Å². The van der Waals surface area contributed by atoms with E-state index in [4.69, 9.17) is 0 Å². The molecule has 0 atom stereocenters. The molecule has 0 bridgehead atoms. The van der Waals surface area contributed by atoms with E-state index in [9.17, 15) is 0 Å². The average molecular weight is 326 g/mol. The Kier molecular flexibility index (Phi) is 3.80. The lowest BCUT2D eigenvalue weighted by molar-refractivity contribution is 0.445. The maximum absolute atomic E-state index is 2.40. The first-order chi connectivity index (χ1) is 12.0. The van der Waals surface area contributed by atoms with Crippen LogP contribution >= 0.6 is 0 Å². The van der Waals surface area contributed by atoms with Crippen LogP contribution < -0.4 is 0 Å². The number of rotatable bonds is 3. The molecule has 25 heavy (non-hydrogen) atoms. The van der Waals surface area contributed by atoms with Crippen LogP contribution in [0.2, 0.25) is 0 Å². The predicted molar refractivity (Wildman–Crippen MR) is 109 cm³/mol. The summed E-state index contributed by atoms with van der Waals surface area (Å²) in [6, 6.07) is 11.5. The molecule has 2 aliphatic rings. The minimum atomic E-state index is 0.0702. The maximum Gasteiger partial charge on any atom is 0.00448 e. The fraction of sp³-hybridized carbons (Fsp3) is 0.280. The number of aryl methyl sites for hydroxylation is 1. The molecule has 0 radical (unpaired) electrons. The molecule has 0 unspecified atom stereocenters. The smallest absolute Gasteiger partial charge is 0.00448 e. The van der Waals surface area contributed by atoms with Gasteiger partial charge < -0.3 is 0 Å². The Hall–Kier alpha value is -2.34. The molecule has 0 saturated carbocycles. The summed E-state index contributed by atoms with van der Waals surface area (Å²) in [4.78, 5) is 0. The predicted octanol–water partition coefficient (Wildman–Crippen LogP) is 6.62. The Balaban J connectivity index is 1.95. The van der Waals surface area contributed by atoms with Gasteiger partial charge in [-0.25, -0.2) is 0 Å². The normalized spacial score (nSPS) is 16.0. The molecule has 0 aromatic heterocycles. The number of allylic oxidation sites excluding steroid dienone is 5. The summed E-state index contributed by atoms with van der Waals surface area (Å²) in [5, 5.41) is 0. The zero-order chi connectivity index (χ0) is 17.6. The molecule has 0 heteroatoms. The third-order valence-corrected chi connectivity index (χ3v) is 5.84. The van der Waals surface area contributed by atoms with Crippen LogP contribution in [-0.2, 0) is 11.8 Å². The third-order valence-electron chi connectivity index (χ3n) is 5.84. The molecule has 2 aromatic carbocycles. The van der Waals surface area contributed by atoms with Crippen molar-refractivity contribution >= 4 is 6.08 Å². The van der Waals surface area contributed by atoms with Gasteiger partial charge in [0.1, 0.15) is 0 Å². The van der Waals surface area contributed by atoms with Gasteiger partial charge in [0.05, 0.1) is 0 Å². The van der Waals surface area contributed by atoms with E-state index in [0.717, 1.165) is 6.42 Å². The van der Waals surface area contributed by atoms with E-state index in [1.807, 2.05) is 0 Å². The molecule has 0 nitrogen and oxygen atoms in total. The molecule has 0 amide bonds. The Morgan fingerprint density at radius 3 is 2.44 bits per heavy atom. The van der Waals surface area contributed by atoms with Gasteiger partial charge in [-0.1, -0.05) is 86.2 Å². The van der Waals surface area contributed by atoms with Gasteiger partial charge >= 0.3 is 0 Å². The summed E-state index contributed by atoms with van der Waals surface area (Å²) in [6.07, 6.45) is 14.5. The van der Waals surface area contributed by atoms with Gasteiger partial charge in [0.15, 0.2) is 0 Å². The van der Waals surface area contributed by atoms with E-state index in [1.165, 1.54) is 38.9 Å². The highest BCUT2D eigenvalue weighted by molar-refractivity contribution is 5.81. The van der Waals surface area contributed by atoms with Crippen molar-refractivity contribution in [2.45, 2.75) is 39.5 Å². The van der Waals surface area contributed by atoms with E-state index in [1.54, 1.807) is 0 Å². The van der Waals surface area contributed by atoms with Crippen LogP contribution in [0.4, 0.5) is 0 Å². The van der Waals surface area contributed by atoms with E-state index in [-0.39, 0.29) is 5.41 Å². The fourth-order valence-electron chi connectivity index (χ4n) is 4.58. The first-order valence-corrected chi connectivity index (χ1v) is 9.26. The van der Waals surface area contributed by atoms with Crippen molar-refractivity contribution in [1.29, 1.82) is 0 Å². The molecule has 0 saturated heterocycles. The second kappa shape index (κ2) is 5.88. The zero-order valence-electron chi connectivity index (χ0n) is 15.6. The molecule has 0 aliphatic heterocycles. The van der Waals surface area contributed by atoms with Gasteiger partial charge in [0.25, 0.3) is 0 Å². The van der Waals surface area contributed by atoms with Gasteiger partial charge in [-0.05, 0) is 53.6 Å². The van der Waals surface area contributed by atoms with Gasteiger partial charge in [-0.15, -0.1) is 0 Å². The largest absolute Gasteiger partial charge is 0.0871 e. The molecular formula is C25H26. The Bertz CT molecular complexity index is 907. The average Bonchev–Trinajstić information content (AvgIpc) is 3.22. The van der Waals surface area contributed by atoms with Crippen LogP contribution in [0.25, 0.3) is 17.2 Å². The molecular weight excluding hydrogens is 300 g/mol. The summed E-state index contributed by atoms with van der Waals surface area (Å²) in [5.41, 5.74) is 10.1. The Labute approximate surface area is 151 Å². The van der Waals surface area contributed by atoms with Crippen LogP contribution in [0, 0.1) is 12.8 Å². The summed E-state index contributed by atoms with van der Waals surface area (Å²) in [6.45, 7) is 9.09. The highest BCUT2D eigenvalue weighted by atomic mass is 14.4. The molecule has 0 fully saturated rings. The summed E-state index contributed by atoms with van der Waals surface area (Å²) in [5.74, 6) is 0.452. The second-order valence-corrected chi connectivity index (χ2v) is 7.91. The summed E-state index contributed by atoms with van der Waals surface area (Å²) in [7, 11) is 0. The van der Waals surface area contributed by atoms with Crippen LogP contribution in [0.3, 0.4) is 0 Å². The van der Waals surface area contributed by atoms with Crippen LogP contribution in [0.5, 0.6) is 0 Å². The summed E-state index contributed by atoms with van der Waals surface area (Å²) >= 11 is 0. The highest BCUT2D eigenvalue weighted by Gasteiger charge is 2.35. The minimum Gasteiger partial charge on any atom is -0.0871 e. The number of hydrogen-bond donors (Lipinski definition) is 0. The molecule has 4 rings (SSSR count). The Morgan fingerprint density at radius 1 is 1.00 bits per heavy atom. The monoisotopic (exact) mass is 326 g/mol. The standard InChI is InChI=1S/C25H26/c1-5-8-18-12-14-22-21-13-11-17(2)15-19(21)16-23(22)24(18)25(3,4)20-9-6-7-10-20/h5-15,20H,16H2,1-4H3. The quantitative estimate of drug-likeness (QED) is 0.507. The number of hydrogen-bond acceptors (Lipinski definition) is 0. The lowest BCUT2D eigenvalue weighted by Crippen LogP contribution is -2.28. The van der Waals surface area contributed by atoms with Crippen LogP contribution in [-0.4, -0.2) is 0 Å². The van der Waals surface area contributed by atoms with Crippen LogP contribution in [0.15, 0.2) is 60.7 Å². The highest BCUT2D eigenvalue weighted by Crippen LogP contribution is 2.47. The fourth-order valence-corrected chi connectivity index (χ4v) is 4.58. The number of benzene rings is 2. The van der Waals surface area contributed by atoms with E-state index < -0.39 is 0 Å². The third kappa shape index (κ3) is 2.52. The molecule has 2 aliphatic carbocycles. The van der Waals surface area contributed by atoms with E-state index in [2.05, 4.69) is 94.5 Å². The molecule has 0 N–H and O–H groups in total. The maximum atomic E-state index is 2.40. The van der Waals surface area contributed by atoms with Crippen molar-refractivity contribution in [3.05, 3.63) is 88.5 Å². The lowest BCUT2D eigenvalue weighted by Gasteiger charge is -2.34. The first kappa shape index (κ1) is 16.1. The molecule has 2 aromatic rings. The minimum absolute atomic E-state index is 0.0702. The van der Waals surface area contributed by atoms with E-state index >= 15 is 0 Å². The second-order valence-electron chi connectivity index (χ2n) is 7.91. The van der Waals surface area contributed by atoms with Crippen molar-refractivity contribution in [2.75, 3.05) is 0 Å². The zero-order valence-corrected chi connectivity index (χ0v) is 15.6. The van der Waals surface area contributed by atoms with Gasteiger partial charge in [-0.2, -0.15) is 0 Å². The SMILES string of the molecule is CC=Cc1ccc2c(c1C(C)(C)C1C=CC=C1)Cc1cc(C)ccc1-2. The van der Waals surface area contributed by atoms with Crippen molar-refractivity contribution < 1.29 is 0 Å². The first-order valence-electron chi connectivity index (χ1n) is 9.26. The van der Waals surface area contributed by atoms with Crippen molar-refractivity contribution in [1.82, 2.24) is 0 Å². The van der Waals surface area contributed by atoms with Gasteiger partial charge in [0.2, 0.25) is 0 Å². The van der Waals surface area contributed by atoms with Crippen molar-refractivity contribution in [3.63, 3.8) is 0 Å². The summed E-state index contributed by atoms with van der Waals surface area (Å²) < 4.78 is 0. The number of fused-ring (bicyclic) bond motifs is 3. The van der Waals surface area contributed by atoms with Crippen molar-refractivity contribution in [2.24, 2.45) is 5.92 Å².